The number of nitrogens with zero attached hydrogens (tertiary/aromatic N) is 6. The molecule has 1 fully saturated rings. The van der Waals surface area contributed by atoms with Crippen LogP contribution in [-0.4, -0.2) is 66.1 Å². The summed E-state index contributed by atoms with van der Waals surface area (Å²) in [6.45, 7) is 8.57. The molecule has 3 aromatic heterocycles. The molecule has 4 rings (SSSR count). The summed E-state index contributed by atoms with van der Waals surface area (Å²) in [7, 11) is 1.85. The number of hydrogen-bond donors (Lipinski definition) is 0. The third-order valence-corrected chi connectivity index (χ3v) is 5.01. The van der Waals surface area contributed by atoms with Gasteiger partial charge >= 0.3 is 0 Å². The van der Waals surface area contributed by atoms with E-state index in [4.69, 9.17) is 14.5 Å². The largest absolute Gasteiger partial charge is 0.473 e. The molecule has 0 aliphatic carbocycles. The summed E-state index contributed by atoms with van der Waals surface area (Å²) in [4.78, 5) is 18.8. The van der Waals surface area contributed by atoms with E-state index in [1.165, 1.54) is 0 Å². The highest BCUT2D eigenvalue weighted by molar-refractivity contribution is 5.93. The van der Waals surface area contributed by atoms with Crippen molar-refractivity contribution in [2.45, 2.75) is 38.9 Å². The summed E-state index contributed by atoms with van der Waals surface area (Å²) < 4.78 is 15.9. The Balaban J connectivity index is 1.61. The van der Waals surface area contributed by atoms with Crippen LogP contribution >= 0.6 is 0 Å². The lowest BCUT2D eigenvalue weighted by molar-refractivity contribution is -0.200. The molecule has 0 N–H and O–H groups in total. The zero-order valence-electron chi connectivity index (χ0n) is 18.4. The van der Waals surface area contributed by atoms with Gasteiger partial charge < -0.3 is 14.4 Å². The van der Waals surface area contributed by atoms with Crippen molar-refractivity contribution >= 4 is 11.4 Å². The van der Waals surface area contributed by atoms with E-state index in [9.17, 15) is 4.79 Å². The average Bonchev–Trinajstić information content (AvgIpc) is 3.33. The highest BCUT2D eigenvalue weighted by Crippen LogP contribution is 2.30. The van der Waals surface area contributed by atoms with E-state index in [1.54, 1.807) is 33.4 Å². The van der Waals surface area contributed by atoms with Crippen molar-refractivity contribution in [1.29, 1.82) is 0 Å². The highest BCUT2D eigenvalue weighted by Gasteiger charge is 2.43. The van der Waals surface area contributed by atoms with Crippen LogP contribution in [0.5, 0.6) is 5.88 Å². The van der Waals surface area contributed by atoms with E-state index in [2.05, 4.69) is 22.0 Å². The first kappa shape index (κ1) is 20.9. The van der Waals surface area contributed by atoms with Crippen LogP contribution in [0.1, 0.15) is 27.7 Å². The molecule has 0 radical (unpaired) electrons. The minimum Gasteiger partial charge on any atom is -0.473 e. The first-order valence-corrected chi connectivity index (χ1v) is 10.1. The fourth-order valence-electron chi connectivity index (χ4n) is 3.97. The van der Waals surface area contributed by atoms with Gasteiger partial charge in [0.15, 0.2) is 0 Å². The van der Waals surface area contributed by atoms with Crippen molar-refractivity contribution in [3.05, 3.63) is 30.9 Å². The standard InChI is InChI=1S/C22H26N6O3/c1-6-7-19(29)27-13-21(2,3)31-22(4,14-27)15-30-20-18-8-9-23-28(18)12-17(25-20)16-10-24-26(5)11-16/h8-12H,13-15H2,1-5H3/t22-/m0/s1. The number of carbonyl (C=O) groups excluding carboxylic acids is 1. The number of aryl methyl sites for hydroxylation is 1. The maximum atomic E-state index is 12.4. The number of rotatable bonds is 4. The van der Waals surface area contributed by atoms with Crippen LogP contribution in [0.2, 0.25) is 0 Å². The average molecular weight is 422 g/mol. The van der Waals surface area contributed by atoms with Gasteiger partial charge in [-0.15, -0.1) is 0 Å². The van der Waals surface area contributed by atoms with Gasteiger partial charge in [-0.1, -0.05) is 5.92 Å². The minimum absolute atomic E-state index is 0.208. The van der Waals surface area contributed by atoms with Gasteiger partial charge in [-0.3, -0.25) is 9.48 Å². The topological polar surface area (TPSA) is 86.8 Å². The van der Waals surface area contributed by atoms with Gasteiger partial charge in [0.2, 0.25) is 5.88 Å². The highest BCUT2D eigenvalue weighted by atomic mass is 16.6. The number of amides is 1. The summed E-state index contributed by atoms with van der Waals surface area (Å²) in [5, 5.41) is 8.55. The predicted octanol–water partition coefficient (Wildman–Crippen LogP) is 1.93. The molecule has 9 heteroatoms. The van der Waals surface area contributed by atoms with Gasteiger partial charge in [-0.05, 0) is 39.7 Å². The smallest absolute Gasteiger partial charge is 0.298 e. The Labute approximate surface area is 181 Å². The van der Waals surface area contributed by atoms with Gasteiger partial charge in [0.05, 0.1) is 43.0 Å². The minimum atomic E-state index is -0.726. The van der Waals surface area contributed by atoms with E-state index in [0.717, 1.165) is 11.1 Å². The van der Waals surface area contributed by atoms with Crippen LogP contribution in [0.3, 0.4) is 0 Å². The van der Waals surface area contributed by atoms with Gasteiger partial charge in [-0.2, -0.15) is 10.2 Å². The first-order chi connectivity index (χ1) is 14.7. The Morgan fingerprint density at radius 1 is 1.26 bits per heavy atom. The molecule has 0 aromatic carbocycles. The van der Waals surface area contributed by atoms with Crippen LogP contribution in [-0.2, 0) is 16.6 Å². The number of carbonyl (C=O) groups is 1. The van der Waals surface area contributed by atoms with Crippen molar-refractivity contribution in [1.82, 2.24) is 29.3 Å². The molecule has 1 atom stereocenters. The molecule has 0 bridgehead atoms. The Hall–Kier alpha value is -3.38. The summed E-state index contributed by atoms with van der Waals surface area (Å²) in [6.07, 6.45) is 7.16. The Morgan fingerprint density at radius 2 is 2.06 bits per heavy atom. The second-order valence-electron chi connectivity index (χ2n) is 8.63. The predicted molar refractivity (Wildman–Crippen MR) is 114 cm³/mol. The quantitative estimate of drug-likeness (QED) is 0.597. The molecule has 9 nitrogen and oxygen atoms in total. The molecule has 0 spiro atoms. The lowest BCUT2D eigenvalue weighted by atomic mass is 9.98. The molecule has 1 aliphatic heterocycles. The van der Waals surface area contributed by atoms with E-state index >= 15 is 0 Å². The lowest BCUT2D eigenvalue weighted by Crippen LogP contribution is -2.61. The number of hydrogen-bond acceptors (Lipinski definition) is 6. The van der Waals surface area contributed by atoms with Crippen LogP contribution in [0.15, 0.2) is 30.9 Å². The SMILES string of the molecule is CC#CC(=O)N1CC(C)(C)O[C@](C)(COc2nc(-c3cnn(C)c3)cn3nccc23)C1. The van der Waals surface area contributed by atoms with Gasteiger partial charge in [-0.25, -0.2) is 9.50 Å². The second-order valence-corrected chi connectivity index (χ2v) is 8.63. The van der Waals surface area contributed by atoms with Gasteiger partial charge in [0.25, 0.3) is 5.91 Å². The van der Waals surface area contributed by atoms with Crippen molar-refractivity contribution in [2.24, 2.45) is 7.05 Å². The van der Waals surface area contributed by atoms with Gasteiger partial charge in [0, 0.05) is 18.8 Å². The van der Waals surface area contributed by atoms with Gasteiger partial charge in [0.1, 0.15) is 17.7 Å². The van der Waals surface area contributed by atoms with E-state index < -0.39 is 11.2 Å². The molecule has 4 heterocycles. The number of fused-ring (bicyclic) bond motifs is 1. The zero-order chi connectivity index (χ0) is 22.2. The molecular weight excluding hydrogens is 396 g/mol. The monoisotopic (exact) mass is 422 g/mol. The van der Waals surface area contributed by atoms with Crippen LogP contribution in [0.25, 0.3) is 16.8 Å². The lowest BCUT2D eigenvalue weighted by Gasteiger charge is -2.47. The molecule has 1 saturated heterocycles. The van der Waals surface area contributed by atoms with Crippen molar-refractivity contribution < 1.29 is 14.3 Å². The fraction of sp³-hybridized carbons (Fsp3) is 0.455. The van der Waals surface area contributed by atoms with Crippen LogP contribution in [0, 0.1) is 11.8 Å². The molecule has 1 amide bonds. The van der Waals surface area contributed by atoms with E-state index in [-0.39, 0.29) is 12.5 Å². The maximum Gasteiger partial charge on any atom is 0.298 e. The molecular formula is C22H26N6O3. The second kappa shape index (κ2) is 7.71. The molecule has 0 unspecified atom stereocenters. The van der Waals surface area contributed by atoms with E-state index in [0.29, 0.717) is 24.7 Å². The Kier molecular flexibility index (Phi) is 5.19. The summed E-state index contributed by atoms with van der Waals surface area (Å²) in [5.41, 5.74) is 1.05. The van der Waals surface area contributed by atoms with E-state index in [1.807, 2.05) is 46.3 Å². The van der Waals surface area contributed by atoms with Crippen molar-refractivity contribution in [2.75, 3.05) is 19.7 Å². The molecule has 3 aromatic rings. The maximum absolute atomic E-state index is 12.4. The van der Waals surface area contributed by atoms with Crippen LogP contribution < -0.4 is 4.74 Å². The zero-order valence-corrected chi connectivity index (χ0v) is 18.4. The Morgan fingerprint density at radius 3 is 2.77 bits per heavy atom. The molecule has 31 heavy (non-hydrogen) atoms. The summed E-state index contributed by atoms with van der Waals surface area (Å²) in [6, 6.07) is 1.84. The Bertz CT molecular complexity index is 1180. The number of ether oxygens (including phenoxy) is 2. The fourth-order valence-corrected chi connectivity index (χ4v) is 3.97. The van der Waals surface area contributed by atoms with Crippen molar-refractivity contribution in [3.63, 3.8) is 0 Å². The first-order valence-electron chi connectivity index (χ1n) is 10.1. The summed E-state index contributed by atoms with van der Waals surface area (Å²) >= 11 is 0. The molecule has 1 aliphatic rings. The molecule has 162 valence electrons. The normalized spacial score (nSPS) is 20.4. The molecule has 0 saturated carbocycles. The summed E-state index contributed by atoms with van der Waals surface area (Å²) in [5.74, 6) is 5.53. The number of morpholine rings is 1. The third kappa shape index (κ3) is 4.39. The number of aromatic nitrogens is 5. The third-order valence-electron chi connectivity index (χ3n) is 5.01. The van der Waals surface area contributed by atoms with Crippen LogP contribution in [0.4, 0.5) is 0 Å². The van der Waals surface area contributed by atoms with Crippen molar-refractivity contribution in [3.8, 4) is 29.0 Å².